The van der Waals surface area contributed by atoms with Gasteiger partial charge in [-0.3, -0.25) is 9.89 Å². The van der Waals surface area contributed by atoms with E-state index in [1.165, 1.54) is 6.20 Å². The van der Waals surface area contributed by atoms with Crippen molar-refractivity contribution in [2.45, 2.75) is 18.9 Å². The molecule has 2 heterocycles. The van der Waals surface area contributed by atoms with Crippen molar-refractivity contribution < 1.29 is 4.79 Å². The Bertz CT molecular complexity index is 400. The molecular weight excluding hydrogens is 218 g/mol. The molecule has 1 unspecified atom stereocenters. The summed E-state index contributed by atoms with van der Waals surface area (Å²) in [7, 11) is 4.09. The van der Waals surface area contributed by atoms with Crippen LogP contribution in [0.5, 0.6) is 0 Å². The van der Waals surface area contributed by atoms with E-state index in [-0.39, 0.29) is 5.91 Å². The Morgan fingerprint density at radius 2 is 2.41 bits per heavy atom. The molecule has 1 atom stereocenters. The van der Waals surface area contributed by atoms with Gasteiger partial charge in [0.1, 0.15) is 5.69 Å². The highest BCUT2D eigenvalue weighted by Gasteiger charge is 2.27. The van der Waals surface area contributed by atoms with Crippen LogP contribution >= 0.6 is 0 Å². The monoisotopic (exact) mass is 237 g/mol. The lowest BCUT2D eigenvalue weighted by atomic mass is 10.0. The Kier molecular flexibility index (Phi) is 3.33. The van der Waals surface area contributed by atoms with Gasteiger partial charge in [-0.05, 0) is 26.9 Å². The molecule has 6 heteroatoms. The fourth-order valence-electron chi connectivity index (χ4n) is 2.19. The maximum atomic E-state index is 12.2. The second-order valence-corrected chi connectivity index (χ2v) is 4.71. The molecule has 1 aromatic heterocycles. The van der Waals surface area contributed by atoms with E-state index in [0.717, 1.165) is 25.9 Å². The lowest BCUT2D eigenvalue weighted by Crippen LogP contribution is -2.47. The molecule has 2 rings (SSSR count). The number of aromatic nitrogens is 2. The molecule has 0 aromatic carbocycles. The van der Waals surface area contributed by atoms with Gasteiger partial charge in [0.2, 0.25) is 0 Å². The van der Waals surface area contributed by atoms with Crippen LogP contribution in [-0.2, 0) is 0 Å². The number of piperidine rings is 1. The SMILES string of the molecule is CN(C)C1CCCN(C(=O)c2[nH]ncc2N)C1. The number of likely N-dealkylation sites (N-methyl/N-ethyl adjacent to an activating group) is 1. The largest absolute Gasteiger partial charge is 0.396 e. The molecule has 1 fully saturated rings. The maximum absolute atomic E-state index is 12.2. The van der Waals surface area contributed by atoms with Gasteiger partial charge in [-0.1, -0.05) is 0 Å². The van der Waals surface area contributed by atoms with Crippen molar-refractivity contribution in [1.29, 1.82) is 0 Å². The molecule has 0 spiro atoms. The molecule has 1 saturated heterocycles. The van der Waals surface area contributed by atoms with Crippen LogP contribution in [0.25, 0.3) is 0 Å². The Balaban J connectivity index is 2.07. The van der Waals surface area contributed by atoms with Crippen LogP contribution in [0.15, 0.2) is 6.20 Å². The number of nitrogens with one attached hydrogen (secondary N) is 1. The van der Waals surface area contributed by atoms with E-state index in [1.807, 2.05) is 19.0 Å². The lowest BCUT2D eigenvalue weighted by molar-refractivity contribution is 0.0630. The van der Waals surface area contributed by atoms with Crippen LogP contribution in [0.3, 0.4) is 0 Å². The average molecular weight is 237 g/mol. The van der Waals surface area contributed by atoms with Crippen molar-refractivity contribution >= 4 is 11.6 Å². The van der Waals surface area contributed by atoms with E-state index in [0.29, 0.717) is 17.4 Å². The zero-order valence-electron chi connectivity index (χ0n) is 10.3. The summed E-state index contributed by atoms with van der Waals surface area (Å²) in [5.41, 5.74) is 6.52. The number of carbonyl (C=O) groups is 1. The van der Waals surface area contributed by atoms with Crippen LogP contribution in [0.4, 0.5) is 5.69 Å². The molecule has 94 valence electrons. The number of hydrogen-bond acceptors (Lipinski definition) is 4. The minimum absolute atomic E-state index is 0.0495. The number of amides is 1. The van der Waals surface area contributed by atoms with E-state index >= 15 is 0 Å². The summed E-state index contributed by atoms with van der Waals surface area (Å²) in [6.07, 6.45) is 3.64. The van der Waals surface area contributed by atoms with E-state index in [2.05, 4.69) is 15.1 Å². The number of nitrogens with zero attached hydrogens (tertiary/aromatic N) is 3. The number of nitrogens with two attached hydrogens (primary N) is 1. The molecule has 0 saturated carbocycles. The molecular formula is C11H19N5O. The standard InChI is InChI=1S/C11H19N5O/c1-15(2)8-4-3-5-16(7-8)11(17)10-9(12)6-13-14-10/h6,8H,3-5,7,12H2,1-2H3,(H,13,14). The van der Waals surface area contributed by atoms with E-state index in [9.17, 15) is 4.79 Å². The Morgan fingerprint density at radius 3 is 3.00 bits per heavy atom. The van der Waals surface area contributed by atoms with Crippen LogP contribution in [0.2, 0.25) is 0 Å². The smallest absolute Gasteiger partial charge is 0.274 e. The summed E-state index contributed by atoms with van der Waals surface area (Å²) in [6, 6.07) is 0.428. The van der Waals surface area contributed by atoms with E-state index in [4.69, 9.17) is 5.73 Å². The number of carbonyl (C=O) groups excluding carboxylic acids is 1. The van der Waals surface area contributed by atoms with Gasteiger partial charge in [0.05, 0.1) is 11.9 Å². The molecule has 6 nitrogen and oxygen atoms in total. The van der Waals surface area contributed by atoms with Gasteiger partial charge in [-0.2, -0.15) is 5.10 Å². The maximum Gasteiger partial charge on any atom is 0.274 e. The number of likely N-dealkylation sites (tertiary alicyclic amines) is 1. The predicted octanol–water partition coefficient (Wildman–Crippen LogP) is 0.158. The topological polar surface area (TPSA) is 78.2 Å². The molecule has 0 radical (unpaired) electrons. The molecule has 1 aromatic rings. The van der Waals surface area contributed by atoms with Gasteiger partial charge in [-0.25, -0.2) is 0 Å². The first-order valence-electron chi connectivity index (χ1n) is 5.84. The highest BCUT2D eigenvalue weighted by atomic mass is 16.2. The van der Waals surface area contributed by atoms with Gasteiger partial charge in [-0.15, -0.1) is 0 Å². The molecule has 17 heavy (non-hydrogen) atoms. The van der Waals surface area contributed by atoms with Gasteiger partial charge in [0, 0.05) is 19.1 Å². The molecule has 1 aliphatic heterocycles. The number of H-pyrrole nitrogens is 1. The van der Waals surface area contributed by atoms with Crippen molar-refractivity contribution in [1.82, 2.24) is 20.0 Å². The van der Waals surface area contributed by atoms with Crippen molar-refractivity contribution in [3.8, 4) is 0 Å². The molecule has 0 aliphatic carbocycles. The quantitative estimate of drug-likeness (QED) is 0.768. The molecule has 0 bridgehead atoms. The van der Waals surface area contributed by atoms with Gasteiger partial charge in [0.25, 0.3) is 5.91 Å². The summed E-state index contributed by atoms with van der Waals surface area (Å²) in [4.78, 5) is 16.2. The predicted molar refractivity (Wildman–Crippen MR) is 65.6 cm³/mol. The van der Waals surface area contributed by atoms with Crippen molar-refractivity contribution in [3.63, 3.8) is 0 Å². The van der Waals surface area contributed by atoms with Gasteiger partial charge in [0.15, 0.2) is 0 Å². The summed E-state index contributed by atoms with van der Waals surface area (Å²) >= 11 is 0. The number of aromatic amines is 1. The summed E-state index contributed by atoms with van der Waals surface area (Å²) < 4.78 is 0. The minimum atomic E-state index is -0.0495. The summed E-state index contributed by atoms with van der Waals surface area (Å²) in [5.74, 6) is -0.0495. The third-order valence-corrected chi connectivity index (χ3v) is 3.30. The van der Waals surface area contributed by atoms with Crippen LogP contribution in [0, 0.1) is 0 Å². The first kappa shape index (κ1) is 11.9. The lowest BCUT2D eigenvalue weighted by Gasteiger charge is -2.35. The van der Waals surface area contributed by atoms with E-state index < -0.39 is 0 Å². The average Bonchev–Trinajstić information content (AvgIpc) is 2.74. The number of anilines is 1. The fourth-order valence-corrected chi connectivity index (χ4v) is 2.19. The highest BCUT2D eigenvalue weighted by Crippen LogP contribution is 2.17. The van der Waals surface area contributed by atoms with Crippen LogP contribution < -0.4 is 5.73 Å². The summed E-state index contributed by atoms with van der Waals surface area (Å²) in [6.45, 7) is 1.55. The number of hydrogen-bond donors (Lipinski definition) is 2. The minimum Gasteiger partial charge on any atom is -0.396 e. The second kappa shape index (κ2) is 4.75. The third-order valence-electron chi connectivity index (χ3n) is 3.30. The van der Waals surface area contributed by atoms with Crippen molar-refractivity contribution in [3.05, 3.63) is 11.9 Å². The fraction of sp³-hybridized carbons (Fsp3) is 0.636. The van der Waals surface area contributed by atoms with Crippen molar-refractivity contribution in [2.24, 2.45) is 0 Å². The second-order valence-electron chi connectivity index (χ2n) is 4.71. The number of nitrogen functional groups attached to an aromatic ring is 1. The first-order valence-corrected chi connectivity index (χ1v) is 5.84. The first-order chi connectivity index (χ1) is 8.09. The highest BCUT2D eigenvalue weighted by molar-refractivity contribution is 5.97. The van der Waals surface area contributed by atoms with Gasteiger partial charge < -0.3 is 15.5 Å². The zero-order chi connectivity index (χ0) is 12.4. The number of rotatable bonds is 2. The Labute approximate surface area is 101 Å². The van der Waals surface area contributed by atoms with Crippen LogP contribution in [-0.4, -0.2) is 59.1 Å². The molecule has 1 amide bonds. The normalized spacial score (nSPS) is 20.9. The zero-order valence-corrected chi connectivity index (χ0v) is 10.3. The van der Waals surface area contributed by atoms with E-state index in [1.54, 1.807) is 0 Å². The van der Waals surface area contributed by atoms with Crippen LogP contribution in [0.1, 0.15) is 23.3 Å². The summed E-state index contributed by atoms with van der Waals surface area (Å²) in [5, 5.41) is 6.45. The van der Waals surface area contributed by atoms with Gasteiger partial charge >= 0.3 is 0 Å². The third kappa shape index (κ3) is 2.41. The molecule has 3 N–H and O–H groups in total. The van der Waals surface area contributed by atoms with Crippen molar-refractivity contribution in [2.75, 3.05) is 32.9 Å². The molecule has 1 aliphatic rings. The Hall–Kier alpha value is -1.56. The Morgan fingerprint density at radius 1 is 1.65 bits per heavy atom.